The van der Waals surface area contributed by atoms with E-state index in [4.69, 9.17) is 5.73 Å². The van der Waals surface area contributed by atoms with Gasteiger partial charge in [0.2, 0.25) is 5.91 Å². The fraction of sp³-hybridized carbons (Fsp3) is 0.625. The molecule has 2 rings (SSSR count). The van der Waals surface area contributed by atoms with Gasteiger partial charge in [-0.2, -0.15) is 0 Å². The van der Waals surface area contributed by atoms with E-state index in [0.717, 1.165) is 24.8 Å². The lowest BCUT2D eigenvalue weighted by Crippen LogP contribution is -2.40. The van der Waals surface area contributed by atoms with Crippen molar-refractivity contribution in [1.82, 2.24) is 9.88 Å². The van der Waals surface area contributed by atoms with E-state index in [2.05, 4.69) is 18.8 Å². The molecule has 1 aliphatic rings. The van der Waals surface area contributed by atoms with Crippen LogP contribution in [0, 0.1) is 11.8 Å². The maximum Gasteiger partial charge on any atom is 0.227 e. The van der Waals surface area contributed by atoms with Crippen molar-refractivity contribution in [3.8, 4) is 0 Å². The van der Waals surface area contributed by atoms with Crippen LogP contribution in [0.5, 0.6) is 0 Å². The molecule has 1 unspecified atom stereocenters. The second kappa shape index (κ2) is 6.84. The van der Waals surface area contributed by atoms with Gasteiger partial charge in [0, 0.05) is 31.5 Å². The Morgan fingerprint density at radius 1 is 1.40 bits per heavy atom. The fourth-order valence-corrected chi connectivity index (χ4v) is 2.56. The van der Waals surface area contributed by atoms with Crippen LogP contribution in [0.1, 0.15) is 38.7 Å². The predicted molar refractivity (Wildman–Crippen MR) is 79.8 cm³/mol. The van der Waals surface area contributed by atoms with Crippen LogP contribution in [-0.2, 0) is 11.3 Å². The van der Waals surface area contributed by atoms with Crippen LogP contribution in [0.3, 0.4) is 0 Å². The van der Waals surface area contributed by atoms with E-state index >= 15 is 0 Å². The van der Waals surface area contributed by atoms with E-state index in [1.165, 1.54) is 0 Å². The molecule has 20 heavy (non-hydrogen) atoms. The van der Waals surface area contributed by atoms with Crippen molar-refractivity contribution in [2.75, 3.05) is 6.54 Å². The Bertz CT molecular complexity index is 429. The molecule has 1 saturated carbocycles. The van der Waals surface area contributed by atoms with Gasteiger partial charge in [0.15, 0.2) is 0 Å². The van der Waals surface area contributed by atoms with E-state index < -0.39 is 0 Å². The van der Waals surface area contributed by atoms with Gasteiger partial charge in [0.05, 0.1) is 5.92 Å². The molecular weight excluding hydrogens is 250 g/mol. The topological polar surface area (TPSA) is 59.2 Å². The molecule has 1 heterocycles. The minimum Gasteiger partial charge on any atom is -0.335 e. The molecule has 1 atom stereocenters. The van der Waals surface area contributed by atoms with Gasteiger partial charge < -0.3 is 10.6 Å². The first-order chi connectivity index (χ1) is 9.61. The van der Waals surface area contributed by atoms with Crippen LogP contribution in [0.2, 0.25) is 0 Å². The summed E-state index contributed by atoms with van der Waals surface area (Å²) in [6.45, 7) is 5.40. The van der Waals surface area contributed by atoms with Gasteiger partial charge in [-0.25, -0.2) is 0 Å². The number of nitrogens with two attached hydrogens (primary N) is 1. The number of aromatic nitrogens is 1. The highest BCUT2D eigenvalue weighted by Crippen LogP contribution is 2.30. The summed E-state index contributed by atoms with van der Waals surface area (Å²) in [4.78, 5) is 18.8. The van der Waals surface area contributed by atoms with Crippen molar-refractivity contribution in [3.05, 3.63) is 30.1 Å². The summed E-state index contributed by atoms with van der Waals surface area (Å²) in [5.74, 6) is 0.674. The Kier molecular flexibility index (Phi) is 5.12. The molecule has 0 aliphatic heterocycles. The number of hydrogen-bond acceptors (Lipinski definition) is 3. The highest BCUT2D eigenvalue weighted by molar-refractivity contribution is 5.79. The average Bonchev–Trinajstić information content (AvgIpc) is 3.27. The summed E-state index contributed by atoms with van der Waals surface area (Å²) < 4.78 is 0. The highest BCUT2D eigenvalue weighted by atomic mass is 16.2. The molecule has 0 aromatic carbocycles. The van der Waals surface area contributed by atoms with E-state index in [1.807, 2.05) is 17.0 Å². The molecule has 1 aliphatic carbocycles. The van der Waals surface area contributed by atoms with Crippen molar-refractivity contribution in [1.29, 1.82) is 0 Å². The molecule has 0 radical (unpaired) electrons. The average molecular weight is 275 g/mol. The molecule has 1 amide bonds. The molecule has 1 fully saturated rings. The summed E-state index contributed by atoms with van der Waals surface area (Å²) >= 11 is 0. The van der Waals surface area contributed by atoms with Crippen LogP contribution in [0.15, 0.2) is 24.5 Å². The third kappa shape index (κ3) is 4.04. The molecule has 0 saturated heterocycles. The molecule has 1 aromatic rings. The Labute approximate surface area is 121 Å². The summed E-state index contributed by atoms with van der Waals surface area (Å²) in [6.07, 6.45) is 6.67. The van der Waals surface area contributed by atoms with Crippen molar-refractivity contribution in [2.24, 2.45) is 17.6 Å². The van der Waals surface area contributed by atoms with Crippen LogP contribution < -0.4 is 5.73 Å². The molecule has 4 heteroatoms. The number of hydrogen-bond donors (Lipinski definition) is 1. The summed E-state index contributed by atoms with van der Waals surface area (Å²) in [7, 11) is 0. The van der Waals surface area contributed by atoms with Gasteiger partial charge >= 0.3 is 0 Å². The predicted octanol–water partition coefficient (Wildman–Crippen LogP) is 2.19. The second-order valence-corrected chi connectivity index (χ2v) is 6.11. The first-order valence-corrected chi connectivity index (χ1v) is 7.51. The van der Waals surface area contributed by atoms with E-state index in [1.54, 1.807) is 12.4 Å². The lowest BCUT2D eigenvalue weighted by molar-refractivity contribution is -0.137. The van der Waals surface area contributed by atoms with Gasteiger partial charge in [0.25, 0.3) is 0 Å². The number of amides is 1. The third-order valence-corrected chi connectivity index (χ3v) is 3.76. The second-order valence-electron chi connectivity index (χ2n) is 6.11. The van der Waals surface area contributed by atoms with Gasteiger partial charge in [-0.3, -0.25) is 9.78 Å². The normalized spacial score (nSPS) is 16.2. The molecule has 110 valence electrons. The van der Waals surface area contributed by atoms with Crippen LogP contribution in [-0.4, -0.2) is 28.4 Å². The first kappa shape index (κ1) is 15.0. The van der Waals surface area contributed by atoms with Gasteiger partial charge in [0.1, 0.15) is 0 Å². The number of nitrogens with zero attached hydrogens (tertiary/aromatic N) is 2. The quantitative estimate of drug-likeness (QED) is 0.830. The Morgan fingerprint density at radius 3 is 2.55 bits per heavy atom. The van der Waals surface area contributed by atoms with Gasteiger partial charge in [-0.1, -0.05) is 13.8 Å². The molecule has 4 nitrogen and oxygen atoms in total. The van der Waals surface area contributed by atoms with Crippen LogP contribution in [0.25, 0.3) is 0 Å². The number of carbonyl (C=O) groups is 1. The van der Waals surface area contributed by atoms with Crippen molar-refractivity contribution in [2.45, 2.75) is 45.7 Å². The van der Waals surface area contributed by atoms with Gasteiger partial charge in [-0.15, -0.1) is 0 Å². The Hall–Kier alpha value is -1.42. The molecule has 0 spiro atoms. The Balaban J connectivity index is 2.05. The summed E-state index contributed by atoms with van der Waals surface area (Å²) in [5.41, 5.74) is 6.96. The van der Waals surface area contributed by atoms with Crippen molar-refractivity contribution >= 4 is 5.91 Å². The minimum atomic E-state index is -0.0440. The highest BCUT2D eigenvalue weighted by Gasteiger charge is 2.35. The maximum absolute atomic E-state index is 12.7. The van der Waals surface area contributed by atoms with E-state index in [9.17, 15) is 4.79 Å². The van der Waals surface area contributed by atoms with Crippen molar-refractivity contribution in [3.63, 3.8) is 0 Å². The lowest BCUT2D eigenvalue weighted by atomic mass is 9.95. The Morgan fingerprint density at radius 2 is 2.05 bits per heavy atom. The maximum atomic E-state index is 12.7. The SMILES string of the molecule is CC(C)CC(CN)C(=O)N(Cc1ccncc1)C1CC1. The molecular formula is C16H25N3O. The zero-order chi connectivity index (χ0) is 14.5. The standard InChI is InChI=1S/C16H25N3O/c1-12(2)9-14(10-17)16(20)19(15-3-4-15)11-13-5-7-18-8-6-13/h5-8,12,14-15H,3-4,9-11,17H2,1-2H3. The molecule has 2 N–H and O–H groups in total. The van der Waals surface area contributed by atoms with E-state index in [0.29, 0.717) is 25.0 Å². The lowest BCUT2D eigenvalue weighted by Gasteiger charge is -2.28. The van der Waals surface area contributed by atoms with E-state index in [-0.39, 0.29) is 11.8 Å². The summed E-state index contributed by atoms with van der Waals surface area (Å²) in [6, 6.07) is 4.36. The molecule has 0 bridgehead atoms. The fourth-order valence-electron chi connectivity index (χ4n) is 2.56. The third-order valence-electron chi connectivity index (χ3n) is 3.76. The zero-order valence-electron chi connectivity index (χ0n) is 12.5. The largest absolute Gasteiger partial charge is 0.335 e. The number of rotatable bonds is 7. The summed E-state index contributed by atoms with van der Waals surface area (Å²) in [5, 5.41) is 0. The zero-order valence-corrected chi connectivity index (χ0v) is 12.5. The first-order valence-electron chi connectivity index (χ1n) is 7.51. The number of pyridine rings is 1. The van der Waals surface area contributed by atoms with Crippen LogP contribution >= 0.6 is 0 Å². The smallest absolute Gasteiger partial charge is 0.227 e. The minimum absolute atomic E-state index is 0.0440. The number of carbonyl (C=O) groups excluding carboxylic acids is 1. The van der Waals surface area contributed by atoms with Crippen LogP contribution in [0.4, 0.5) is 0 Å². The molecule has 1 aromatic heterocycles. The monoisotopic (exact) mass is 275 g/mol. The van der Waals surface area contributed by atoms with Crippen molar-refractivity contribution < 1.29 is 4.79 Å². The van der Waals surface area contributed by atoms with Gasteiger partial charge in [-0.05, 0) is 42.9 Å².